The Hall–Kier alpha value is -2.54. The number of benzene rings is 1. The minimum absolute atomic E-state index is 0.0692. The van der Waals surface area contributed by atoms with Crippen LogP contribution in [0.25, 0.3) is 0 Å². The molecule has 0 bridgehead atoms. The molecule has 1 fully saturated rings. The highest BCUT2D eigenvalue weighted by atomic mass is 35.5. The minimum Gasteiger partial charge on any atom is -0.368 e. The molecular formula is C15H15ClN4O3. The third-order valence-corrected chi connectivity index (χ3v) is 4.09. The van der Waals surface area contributed by atoms with Gasteiger partial charge in [-0.1, -0.05) is 11.6 Å². The van der Waals surface area contributed by atoms with Gasteiger partial charge < -0.3 is 14.8 Å². The molecule has 2 aromatic rings. The molecule has 0 atom stereocenters. The minimum atomic E-state index is -0.415. The molecule has 0 spiro atoms. The Kier molecular flexibility index (Phi) is 4.20. The van der Waals surface area contributed by atoms with Crippen LogP contribution in [0.5, 0.6) is 0 Å². The number of carbonyl (C=O) groups excluding carboxylic acids is 1. The van der Waals surface area contributed by atoms with Crippen molar-refractivity contribution in [2.24, 2.45) is 0 Å². The van der Waals surface area contributed by atoms with Crippen molar-refractivity contribution in [2.45, 2.75) is 0 Å². The fourth-order valence-electron chi connectivity index (χ4n) is 2.61. The largest absolute Gasteiger partial charge is 0.368 e. The molecule has 23 heavy (non-hydrogen) atoms. The summed E-state index contributed by atoms with van der Waals surface area (Å²) in [5.41, 5.74) is 1.48. The number of anilines is 1. The Labute approximate surface area is 137 Å². The number of nitrogens with zero attached hydrogens (tertiary/aromatic N) is 3. The summed E-state index contributed by atoms with van der Waals surface area (Å²) >= 11 is 5.82. The number of H-pyrrole nitrogens is 1. The number of aromatic amines is 1. The number of amides is 1. The molecule has 0 radical (unpaired) electrons. The maximum Gasteiger partial charge on any atom is 0.270 e. The van der Waals surface area contributed by atoms with E-state index in [0.717, 1.165) is 5.69 Å². The summed E-state index contributed by atoms with van der Waals surface area (Å²) in [7, 11) is 0. The predicted octanol–water partition coefficient (Wildman–Crippen LogP) is 2.54. The van der Waals surface area contributed by atoms with Crippen LogP contribution >= 0.6 is 11.6 Å². The SMILES string of the molecule is O=C(c1cc(Cl)c[nH]1)N1CCN(c2ccc([N+](=O)[O-])cc2)CC1. The summed E-state index contributed by atoms with van der Waals surface area (Å²) in [6, 6.07) is 8.08. The predicted molar refractivity (Wildman–Crippen MR) is 87.0 cm³/mol. The average Bonchev–Trinajstić information content (AvgIpc) is 3.01. The lowest BCUT2D eigenvalue weighted by atomic mass is 10.2. The number of halogens is 1. The number of hydrogen-bond acceptors (Lipinski definition) is 4. The number of carbonyl (C=O) groups is 1. The van der Waals surface area contributed by atoms with Crippen molar-refractivity contribution >= 4 is 28.9 Å². The number of non-ortho nitro benzene ring substituents is 1. The van der Waals surface area contributed by atoms with Gasteiger partial charge in [-0.2, -0.15) is 0 Å². The second-order valence-electron chi connectivity index (χ2n) is 5.28. The van der Waals surface area contributed by atoms with E-state index in [1.807, 2.05) is 0 Å². The molecule has 1 aliphatic rings. The van der Waals surface area contributed by atoms with Crippen LogP contribution in [-0.4, -0.2) is 46.9 Å². The second kappa shape index (κ2) is 6.29. The zero-order valence-electron chi connectivity index (χ0n) is 12.2. The first kappa shape index (κ1) is 15.4. The number of nitrogens with one attached hydrogen (secondary N) is 1. The number of nitro benzene ring substituents is 1. The average molecular weight is 335 g/mol. The first-order chi connectivity index (χ1) is 11.0. The Balaban J connectivity index is 1.61. The zero-order chi connectivity index (χ0) is 16.4. The molecule has 0 saturated carbocycles. The van der Waals surface area contributed by atoms with Crippen molar-refractivity contribution in [3.8, 4) is 0 Å². The smallest absolute Gasteiger partial charge is 0.270 e. The molecule has 120 valence electrons. The number of hydrogen-bond donors (Lipinski definition) is 1. The lowest BCUT2D eigenvalue weighted by molar-refractivity contribution is -0.384. The molecule has 0 aliphatic carbocycles. The molecule has 1 amide bonds. The molecular weight excluding hydrogens is 320 g/mol. The summed E-state index contributed by atoms with van der Waals surface area (Å²) in [6.07, 6.45) is 1.59. The van der Waals surface area contributed by atoms with Crippen LogP contribution in [0, 0.1) is 10.1 Å². The monoisotopic (exact) mass is 334 g/mol. The summed E-state index contributed by atoms with van der Waals surface area (Å²) in [4.78, 5) is 29.3. The standard InChI is InChI=1S/C15H15ClN4O3/c16-11-9-14(17-10-11)15(21)19-7-5-18(6-8-19)12-1-3-13(4-2-12)20(22)23/h1-4,9-10,17H,5-8H2. The maximum absolute atomic E-state index is 12.3. The van der Waals surface area contributed by atoms with E-state index in [-0.39, 0.29) is 11.6 Å². The Morgan fingerprint density at radius 3 is 2.35 bits per heavy atom. The molecule has 1 saturated heterocycles. The number of nitro groups is 1. The van der Waals surface area contributed by atoms with Gasteiger partial charge in [0, 0.05) is 50.2 Å². The van der Waals surface area contributed by atoms with Crippen LogP contribution < -0.4 is 4.90 Å². The maximum atomic E-state index is 12.3. The highest BCUT2D eigenvalue weighted by Gasteiger charge is 2.23. The molecule has 3 rings (SSSR count). The Morgan fingerprint density at radius 1 is 1.17 bits per heavy atom. The fraction of sp³-hybridized carbons (Fsp3) is 0.267. The van der Waals surface area contributed by atoms with E-state index >= 15 is 0 Å². The summed E-state index contributed by atoms with van der Waals surface area (Å²) < 4.78 is 0. The van der Waals surface area contributed by atoms with Crippen LogP contribution in [-0.2, 0) is 0 Å². The van der Waals surface area contributed by atoms with Crippen molar-refractivity contribution in [2.75, 3.05) is 31.1 Å². The van der Waals surface area contributed by atoms with Crippen LogP contribution in [0.2, 0.25) is 5.02 Å². The van der Waals surface area contributed by atoms with Gasteiger partial charge in [0.1, 0.15) is 5.69 Å². The lowest BCUT2D eigenvalue weighted by Gasteiger charge is -2.35. The van der Waals surface area contributed by atoms with Gasteiger partial charge in [-0.15, -0.1) is 0 Å². The van der Waals surface area contributed by atoms with Crippen LogP contribution in [0.3, 0.4) is 0 Å². The van der Waals surface area contributed by atoms with Crippen molar-refractivity contribution in [1.82, 2.24) is 9.88 Å². The fourth-order valence-corrected chi connectivity index (χ4v) is 2.78. The van der Waals surface area contributed by atoms with Gasteiger partial charge in [-0.25, -0.2) is 0 Å². The van der Waals surface area contributed by atoms with Gasteiger partial charge in [-0.3, -0.25) is 14.9 Å². The van der Waals surface area contributed by atoms with E-state index in [1.54, 1.807) is 29.3 Å². The highest BCUT2D eigenvalue weighted by molar-refractivity contribution is 6.30. The van der Waals surface area contributed by atoms with Crippen molar-refractivity contribution in [3.63, 3.8) is 0 Å². The summed E-state index contributed by atoms with van der Waals surface area (Å²) in [5.74, 6) is -0.0692. The molecule has 0 unspecified atom stereocenters. The third kappa shape index (κ3) is 3.29. The lowest BCUT2D eigenvalue weighted by Crippen LogP contribution is -2.48. The molecule has 1 N–H and O–H groups in total. The topological polar surface area (TPSA) is 82.5 Å². The Morgan fingerprint density at radius 2 is 1.83 bits per heavy atom. The van der Waals surface area contributed by atoms with Crippen molar-refractivity contribution in [1.29, 1.82) is 0 Å². The van der Waals surface area contributed by atoms with E-state index in [0.29, 0.717) is 36.9 Å². The van der Waals surface area contributed by atoms with Gasteiger partial charge >= 0.3 is 0 Å². The van der Waals surface area contributed by atoms with Gasteiger partial charge in [0.25, 0.3) is 11.6 Å². The normalized spacial score (nSPS) is 14.8. The van der Waals surface area contributed by atoms with Crippen LogP contribution in [0.4, 0.5) is 11.4 Å². The Bertz CT molecular complexity index is 721. The molecule has 1 aliphatic heterocycles. The quantitative estimate of drug-likeness (QED) is 0.690. The number of piperazine rings is 1. The van der Waals surface area contributed by atoms with E-state index < -0.39 is 4.92 Å². The van der Waals surface area contributed by atoms with Gasteiger partial charge in [0.05, 0.1) is 9.95 Å². The molecule has 1 aromatic carbocycles. The highest BCUT2D eigenvalue weighted by Crippen LogP contribution is 2.21. The van der Waals surface area contributed by atoms with Crippen LogP contribution in [0.15, 0.2) is 36.5 Å². The third-order valence-electron chi connectivity index (χ3n) is 3.87. The van der Waals surface area contributed by atoms with Gasteiger partial charge in [0.15, 0.2) is 0 Å². The first-order valence-corrected chi connectivity index (χ1v) is 7.55. The number of rotatable bonds is 3. The second-order valence-corrected chi connectivity index (χ2v) is 5.72. The van der Waals surface area contributed by atoms with E-state index in [9.17, 15) is 14.9 Å². The van der Waals surface area contributed by atoms with E-state index in [1.165, 1.54) is 12.1 Å². The number of aromatic nitrogens is 1. The van der Waals surface area contributed by atoms with Gasteiger partial charge in [0.2, 0.25) is 0 Å². The summed E-state index contributed by atoms with van der Waals surface area (Å²) in [5, 5.41) is 11.2. The van der Waals surface area contributed by atoms with Crippen molar-refractivity contribution in [3.05, 3.63) is 57.4 Å². The summed E-state index contributed by atoms with van der Waals surface area (Å²) in [6.45, 7) is 2.54. The molecule has 7 nitrogen and oxygen atoms in total. The van der Waals surface area contributed by atoms with E-state index in [2.05, 4.69) is 9.88 Å². The molecule has 1 aromatic heterocycles. The van der Waals surface area contributed by atoms with Crippen LogP contribution in [0.1, 0.15) is 10.5 Å². The first-order valence-electron chi connectivity index (χ1n) is 7.17. The van der Waals surface area contributed by atoms with Gasteiger partial charge in [-0.05, 0) is 18.2 Å². The van der Waals surface area contributed by atoms with Crippen molar-refractivity contribution < 1.29 is 9.72 Å². The molecule has 2 heterocycles. The zero-order valence-corrected chi connectivity index (χ0v) is 13.0. The van der Waals surface area contributed by atoms with E-state index in [4.69, 9.17) is 11.6 Å². The molecule has 8 heteroatoms.